The lowest BCUT2D eigenvalue weighted by Crippen LogP contribution is -2.14. The van der Waals surface area contributed by atoms with Crippen molar-refractivity contribution < 1.29 is 4.79 Å². The van der Waals surface area contributed by atoms with Gasteiger partial charge in [-0.25, -0.2) is 9.97 Å². The second-order valence-corrected chi connectivity index (χ2v) is 9.92. The molecule has 7 aromatic rings. The van der Waals surface area contributed by atoms with Crippen LogP contribution in [-0.2, 0) is 11.2 Å². The highest BCUT2D eigenvalue weighted by Crippen LogP contribution is 2.32. The molecule has 3 N–H and O–H groups in total. The molecular weight excluding hydrogens is 506 g/mol. The first-order chi connectivity index (χ1) is 19.2. The summed E-state index contributed by atoms with van der Waals surface area (Å²) in [6.07, 6.45) is 3.65. The van der Waals surface area contributed by atoms with Crippen LogP contribution in [0.15, 0.2) is 96.0 Å². The van der Waals surface area contributed by atoms with E-state index in [2.05, 4.69) is 48.4 Å². The van der Waals surface area contributed by atoms with Gasteiger partial charge in [-0.1, -0.05) is 42.5 Å². The van der Waals surface area contributed by atoms with Crippen molar-refractivity contribution in [3.63, 3.8) is 0 Å². The summed E-state index contributed by atoms with van der Waals surface area (Å²) in [6, 6.07) is 23.6. The van der Waals surface area contributed by atoms with Gasteiger partial charge in [-0.2, -0.15) is 16.4 Å². The molecule has 0 fully saturated rings. The average molecular weight is 528 g/mol. The van der Waals surface area contributed by atoms with Gasteiger partial charge < -0.3 is 10.3 Å². The molecule has 8 nitrogen and oxygen atoms in total. The topological polar surface area (TPSA) is 112 Å². The number of carbonyl (C=O) groups excluding carboxylic acids is 1. The second-order valence-electron chi connectivity index (χ2n) is 9.14. The lowest BCUT2D eigenvalue weighted by atomic mass is 10.1. The van der Waals surface area contributed by atoms with Gasteiger partial charge in [0.2, 0.25) is 5.91 Å². The first-order valence-corrected chi connectivity index (χ1v) is 13.3. The molecule has 0 unspecified atom stereocenters. The lowest BCUT2D eigenvalue weighted by molar-refractivity contribution is -0.115. The Morgan fingerprint density at radius 1 is 0.872 bits per heavy atom. The molecule has 2 aromatic carbocycles. The highest BCUT2D eigenvalue weighted by Gasteiger charge is 2.17. The average Bonchev–Trinajstić information content (AvgIpc) is 3.73. The molecular formula is C30H21N7OS. The van der Waals surface area contributed by atoms with E-state index in [1.807, 2.05) is 60.7 Å². The number of aromatic amines is 2. The molecule has 0 saturated carbocycles. The number of anilines is 1. The minimum atomic E-state index is -0.104. The summed E-state index contributed by atoms with van der Waals surface area (Å²) in [5.41, 5.74) is 9.23. The van der Waals surface area contributed by atoms with Crippen LogP contribution in [0.2, 0.25) is 0 Å². The maximum atomic E-state index is 12.6. The Kier molecular flexibility index (Phi) is 5.68. The fourth-order valence-electron chi connectivity index (χ4n) is 4.65. The van der Waals surface area contributed by atoms with Crippen molar-refractivity contribution in [1.29, 1.82) is 0 Å². The number of fused-ring (bicyclic) bond motifs is 2. The summed E-state index contributed by atoms with van der Waals surface area (Å²) >= 11 is 1.66. The third-order valence-electron chi connectivity index (χ3n) is 6.50. The molecule has 5 aromatic heterocycles. The molecule has 0 atom stereocenters. The Morgan fingerprint density at radius 2 is 1.79 bits per heavy atom. The van der Waals surface area contributed by atoms with Gasteiger partial charge in [0.25, 0.3) is 0 Å². The molecule has 0 spiro atoms. The number of carbonyl (C=O) groups is 1. The number of nitrogens with zero attached hydrogens (tertiary/aromatic N) is 4. The van der Waals surface area contributed by atoms with Crippen molar-refractivity contribution in [3.8, 4) is 33.9 Å². The van der Waals surface area contributed by atoms with Gasteiger partial charge in [-0.15, -0.1) is 0 Å². The van der Waals surface area contributed by atoms with Crippen molar-refractivity contribution in [2.45, 2.75) is 6.42 Å². The summed E-state index contributed by atoms with van der Waals surface area (Å²) in [5, 5.41) is 14.7. The van der Waals surface area contributed by atoms with E-state index in [-0.39, 0.29) is 5.91 Å². The number of pyridine rings is 2. The Balaban J connectivity index is 1.21. The number of aromatic nitrogens is 6. The summed E-state index contributed by atoms with van der Waals surface area (Å²) in [7, 11) is 0. The van der Waals surface area contributed by atoms with E-state index in [1.165, 1.54) is 0 Å². The monoisotopic (exact) mass is 527 g/mol. The predicted octanol–water partition coefficient (Wildman–Crippen LogP) is 6.47. The normalized spacial score (nSPS) is 11.3. The van der Waals surface area contributed by atoms with Crippen LogP contribution in [0.25, 0.3) is 56.0 Å². The van der Waals surface area contributed by atoms with Gasteiger partial charge in [-0.3, -0.25) is 14.9 Å². The SMILES string of the molecule is O=C(Cc1ccccc1)Nc1cncc(-c2ccc3[nH]nc(-c4nc5c(-c6ccsc6)cccc5[nH]4)c3n2)c1. The van der Waals surface area contributed by atoms with E-state index >= 15 is 0 Å². The first kappa shape index (κ1) is 23.0. The van der Waals surface area contributed by atoms with E-state index < -0.39 is 0 Å². The zero-order chi connectivity index (χ0) is 26.2. The van der Waals surface area contributed by atoms with E-state index in [9.17, 15) is 4.79 Å². The summed E-state index contributed by atoms with van der Waals surface area (Å²) in [4.78, 5) is 30.1. The molecule has 0 aliphatic heterocycles. The molecule has 39 heavy (non-hydrogen) atoms. The molecule has 1 amide bonds. The smallest absolute Gasteiger partial charge is 0.228 e. The van der Waals surface area contributed by atoms with Crippen LogP contribution < -0.4 is 5.32 Å². The number of amides is 1. The molecule has 0 saturated heterocycles. The van der Waals surface area contributed by atoms with E-state index in [0.717, 1.165) is 38.8 Å². The Labute approximate surface area is 226 Å². The molecule has 0 aliphatic carbocycles. The number of hydrogen-bond acceptors (Lipinski definition) is 6. The van der Waals surface area contributed by atoms with Crippen LogP contribution in [0.4, 0.5) is 5.69 Å². The Bertz CT molecular complexity index is 1940. The third-order valence-corrected chi connectivity index (χ3v) is 7.19. The summed E-state index contributed by atoms with van der Waals surface area (Å²) in [6.45, 7) is 0. The number of rotatable bonds is 6. The minimum absolute atomic E-state index is 0.104. The van der Waals surface area contributed by atoms with Gasteiger partial charge in [0.1, 0.15) is 5.52 Å². The number of hydrogen-bond donors (Lipinski definition) is 3. The van der Waals surface area contributed by atoms with Gasteiger partial charge in [0, 0.05) is 17.3 Å². The predicted molar refractivity (Wildman–Crippen MR) is 154 cm³/mol. The molecule has 0 aliphatic rings. The van der Waals surface area contributed by atoms with Crippen LogP contribution in [0.5, 0.6) is 0 Å². The van der Waals surface area contributed by atoms with Crippen molar-refractivity contribution >= 4 is 45.0 Å². The third kappa shape index (κ3) is 4.45. The standard InChI is InChI=1S/C30H21N7OS/c38-26(13-18-5-2-1-3-6-18)32-21-14-20(15-31-16-21)23-9-10-25-28(33-23)29(37-36-25)30-34-24-8-4-7-22(27(24)35-30)19-11-12-39-17-19/h1-12,14-17H,13H2,(H,32,38)(H,34,35)(H,36,37). The van der Waals surface area contributed by atoms with E-state index in [4.69, 9.17) is 9.97 Å². The quantitative estimate of drug-likeness (QED) is 0.229. The summed E-state index contributed by atoms with van der Waals surface area (Å²) in [5.74, 6) is 0.538. The number of H-pyrrole nitrogens is 2. The molecule has 9 heteroatoms. The number of benzene rings is 2. The fraction of sp³-hybridized carbons (Fsp3) is 0.0333. The number of imidazole rings is 1. The Hall–Kier alpha value is -5.15. The van der Waals surface area contributed by atoms with E-state index in [0.29, 0.717) is 34.8 Å². The fourth-order valence-corrected chi connectivity index (χ4v) is 5.31. The number of thiophene rings is 1. The van der Waals surface area contributed by atoms with Crippen LogP contribution in [-0.4, -0.2) is 36.0 Å². The molecule has 188 valence electrons. The largest absolute Gasteiger partial charge is 0.336 e. The maximum absolute atomic E-state index is 12.6. The zero-order valence-electron chi connectivity index (χ0n) is 20.6. The highest BCUT2D eigenvalue weighted by atomic mass is 32.1. The zero-order valence-corrected chi connectivity index (χ0v) is 21.4. The molecule has 0 radical (unpaired) electrons. The molecule has 5 heterocycles. The Morgan fingerprint density at radius 3 is 2.67 bits per heavy atom. The van der Waals surface area contributed by atoms with Crippen LogP contribution in [0, 0.1) is 0 Å². The van der Waals surface area contributed by atoms with Gasteiger partial charge in [0.15, 0.2) is 11.5 Å². The highest BCUT2D eigenvalue weighted by molar-refractivity contribution is 7.08. The van der Waals surface area contributed by atoms with Crippen LogP contribution in [0.3, 0.4) is 0 Å². The van der Waals surface area contributed by atoms with Gasteiger partial charge in [-0.05, 0) is 52.2 Å². The number of para-hydroxylation sites is 1. The number of nitrogens with one attached hydrogen (secondary N) is 3. The molecule has 0 bridgehead atoms. The van der Waals surface area contributed by atoms with Gasteiger partial charge >= 0.3 is 0 Å². The van der Waals surface area contributed by atoms with Crippen molar-refractivity contribution in [2.24, 2.45) is 0 Å². The van der Waals surface area contributed by atoms with Crippen molar-refractivity contribution in [3.05, 3.63) is 102 Å². The lowest BCUT2D eigenvalue weighted by Gasteiger charge is -2.07. The van der Waals surface area contributed by atoms with Crippen LogP contribution >= 0.6 is 11.3 Å². The van der Waals surface area contributed by atoms with E-state index in [1.54, 1.807) is 23.7 Å². The maximum Gasteiger partial charge on any atom is 0.228 e. The second kappa shape index (κ2) is 9.62. The minimum Gasteiger partial charge on any atom is -0.336 e. The van der Waals surface area contributed by atoms with Crippen molar-refractivity contribution in [1.82, 2.24) is 30.1 Å². The molecule has 7 rings (SSSR count). The van der Waals surface area contributed by atoms with Crippen LogP contribution in [0.1, 0.15) is 5.56 Å². The van der Waals surface area contributed by atoms with Gasteiger partial charge in [0.05, 0.1) is 40.5 Å². The first-order valence-electron chi connectivity index (χ1n) is 12.4. The summed E-state index contributed by atoms with van der Waals surface area (Å²) < 4.78 is 0. The van der Waals surface area contributed by atoms with Crippen molar-refractivity contribution in [2.75, 3.05) is 5.32 Å².